The molecule has 1 amide bonds. The number of rotatable bonds is 7. The van der Waals surface area contributed by atoms with Gasteiger partial charge in [-0.2, -0.15) is 5.10 Å². The predicted octanol–water partition coefficient (Wildman–Crippen LogP) is 3.96. The summed E-state index contributed by atoms with van der Waals surface area (Å²) in [5.74, 6) is 0.386. The molecule has 0 saturated carbocycles. The van der Waals surface area contributed by atoms with E-state index in [2.05, 4.69) is 24.0 Å². The van der Waals surface area contributed by atoms with E-state index in [1.165, 1.54) is 0 Å². The zero-order chi connectivity index (χ0) is 24.1. The third kappa shape index (κ3) is 5.30. The molecular formula is C27H33N3O4. The van der Waals surface area contributed by atoms with Crippen LogP contribution in [0.5, 0.6) is 5.75 Å². The maximum Gasteiger partial charge on any atom is 0.310 e. The summed E-state index contributed by atoms with van der Waals surface area (Å²) in [7, 11) is 1.64. The van der Waals surface area contributed by atoms with Gasteiger partial charge in [0.2, 0.25) is 0 Å². The van der Waals surface area contributed by atoms with E-state index in [1.54, 1.807) is 12.1 Å². The molecule has 1 saturated heterocycles. The largest absolute Gasteiger partial charge is 0.497 e. The molecule has 1 fully saturated rings. The first-order valence-corrected chi connectivity index (χ1v) is 12.0. The highest BCUT2D eigenvalue weighted by molar-refractivity contribution is 6.03. The number of carbonyl (C=O) groups is 2. The second kappa shape index (κ2) is 10.8. The molecule has 0 aromatic heterocycles. The Morgan fingerprint density at radius 3 is 2.59 bits per heavy atom. The minimum absolute atomic E-state index is 0.0544. The average Bonchev–Trinajstić information content (AvgIpc) is 3.30. The molecule has 2 heterocycles. The van der Waals surface area contributed by atoms with E-state index in [4.69, 9.17) is 14.6 Å². The summed E-state index contributed by atoms with van der Waals surface area (Å²) in [6.45, 7) is 5.83. The van der Waals surface area contributed by atoms with Gasteiger partial charge in [0.25, 0.3) is 5.91 Å². The monoisotopic (exact) mass is 463 g/mol. The number of ether oxygens (including phenoxy) is 2. The number of nitrogens with zero attached hydrogens (tertiary/aromatic N) is 3. The summed E-state index contributed by atoms with van der Waals surface area (Å²) in [6, 6.07) is 15.8. The van der Waals surface area contributed by atoms with E-state index >= 15 is 0 Å². The number of amides is 1. The van der Waals surface area contributed by atoms with Crippen LogP contribution in [0.2, 0.25) is 0 Å². The highest BCUT2D eigenvalue weighted by Crippen LogP contribution is 2.35. The minimum atomic E-state index is -0.175. The molecule has 7 heteroatoms. The number of hydrazone groups is 1. The van der Waals surface area contributed by atoms with Crippen molar-refractivity contribution in [3.05, 3.63) is 65.2 Å². The van der Waals surface area contributed by atoms with Crippen LogP contribution >= 0.6 is 0 Å². The Kier molecular flexibility index (Phi) is 7.63. The third-order valence-electron chi connectivity index (χ3n) is 6.62. The lowest BCUT2D eigenvalue weighted by Crippen LogP contribution is -2.44. The van der Waals surface area contributed by atoms with Crippen LogP contribution in [0.25, 0.3) is 0 Å². The molecule has 2 aliphatic heterocycles. The lowest BCUT2D eigenvalue weighted by Gasteiger charge is -2.32. The average molecular weight is 464 g/mol. The van der Waals surface area contributed by atoms with E-state index in [9.17, 15) is 9.59 Å². The summed E-state index contributed by atoms with van der Waals surface area (Å²) in [5.41, 5.74) is 4.10. The Bertz CT molecular complexity index is 1050. The van der Waals surface area contributed by atoms with Crippen molar-refractivity contribution in [2.24, 2.45) is 11.0 Å². The Hall–Kier alpha value is -3.19. The maximum atomic E-state index is 13.5. The van der Waals surface area contributed by atoms with Crippen molar-refractivity contribution in [3.8, 4) is 5.75 Å². The van der Waals surface area contributed by atoms with Crippen molar-refractivity contribution in [2.75, 3.05) is 33.4 Å². The van der Waals surface area contributed by atoms with Crippen LogP contribution < -0.4 is 4.74 Å². The molecule has 0 radical (unpaired) electrons. The summed E-state index contributed by atoms with van der Waals surface area (Å²) in [6.07, 6.45) is 2.32. The summed E-state index contributed by atoms with van der Waals surface area (Å²) in [5, 5.41) is 6.45. The van der Waals surface area contributed by atoms with Crippen LogP contribution in [0.4, 0.5) is 0 Å². The number of hydrogen-bond donors (Lipinski definition) is 0. The van der Waals surface area contributed by atoms with Gasteiger partial charge >= 0.3 is 5.97 Å². The molecule has 0 bridgehead atoms. The number of aryl methyl sites for hydroxylation is 1. The normalized spacial score (nSPS) is 20.7. The second-order valence-corrected chi connectivity index (χ2v) is 8.92. The molecule has 2 aromatic carbocycles. The van der Waals surface area contributed by atoms with E-state index in [0.717, 1.165) is 47.5 Å². The van der Waals surface area contributed by atoms with Crippen molar-refractivity contribution < 1.29 is 19.1 Å². The van der Waals surface area contributed by atoms with Gasteiger partial charge in [0.05, 0.1) is 37.9 Å². The van der Waals surface area contributed by atoms with Gasteiger partial charge in [0.1, 0.15) is 5.75 Å². The van der Waals surface area contributed by atoms with Gasteiger partial charge in [-0.3, -0.25) is 14.5 Å². The number of carbonyl (C=O) groups excluding carboxylic acids is 2. The van der Waals surface area contributed by atoms with Gasteiger partial charge in [-0.15, -0.1) is 0 Å². The van der Waals surface area contributed by atoms with Crippen LogP contribution in [0.1, 0.15) is 48.9 Å². The molecule has 2 aromatic rings. The predicted molar refractivity (Wildman–Crippen MR) is 131 cm³/mol. The highest BCUT2D eigenvalue weighted by atomic mass is 16.5. The van der Waals surface area contributed by atoms with Gasteiger partial charge in [0, 0.05) is 13.0 Å². The van der Waals surface area contributed by atoms with Crippen molar-refractivity contribution in [2.45, 2.75) is 39.2 Å². The van der Waals surface area contributed by atoms with Gasteiger partial charge in [-0.25, -0.2) is 5.01 Å². The van der Waals surface area contributed by atoms with Crippen LogP contribution in [-0.2, 0) is 14.3 Å². The smallest absolute Gasteiger partial charge is 0.310 e. The van der Waals surface area contributed by atoms with Gasteiger partial charge in [-0.05, 0) is 74.2 Å². The maximum absolute atomic E-state index is 13.5. The number of hydrogen-bond acceptors (Lipinski definition) is 6. The molecule has 0 spiro atoms. The summed E-state index contributed by atoms with van der Waals surface area (Å²) >= 11 is 0. The zero-order valence-corrected chi connectivity index (χ0v) is 20.2. The molecule has 7 nitrogen and oxygen atoms in total. The SMILES string of the molecule is CCOC(=O)[C@@H]1CCCN(CC(=O)N2N=C(c3ccc(OC)cc3)C[C@@H]2c2ccccc2C)C1. The first-order chi connectivity index (χ1) is 16.5. The number of piperidine rings is 1. The Morgan fingerprint density at radius 2 is 1.88 bits per heavy atom. The first kappa shape index (κ1) is 24.0. The molecular weight excluding hydrogens is 430 g/mol. The Balaban J connectivity index is 1.55. The molecule has 2 aliphatic rings. The van der Waals surface area contributed by atoms with E-state index in [1.807, 2.05) is 43.3 Å². The van der Waals surface area contributed by atoms with Crippen molar-refractivity contribution in [1.29, 1.82) is 0 Å². The number of esters is 1. The fourth-order valence-electron chi connectivity index (χ4n) is 4.82. The van der Waals surface area contributed by atoms with Gasteiger partial charge in [0.15, 0.2) is 0 Å². The van der Waals surface area contributed by atoms with Crippen molar-refractivity contribution in [1.82, 2.24) is 9.91 Å². The quantitative estimate of drug-likeness (QED) is 0.582. The van der Waals surface area contributed by atoms with E-state index < -0.39 is 0 Å². The molecule has 180 valence electrons. The van der Waals surface area contributed by atoms with Crippen LogP contribution in [0.15, 0.2) is 53.6 Å². The molecule has 0 N–H and O–H groups in total. The fourth-order valence-corrected chi connectivity index (χ4v) is 4.82. The van der Waals surface area contributed by atoms with Crippen LogP contribution in [0, 0.1) is 12.8 Å². The highest BCUT2D eigenvalue weighted by Gasteiger charge is 2.35. The molecule has 34 heavy (non-hydrogen) atoms. The van der Waals surface area contributed by atoms with E-state index in [0.29, 0.717) is 19.6 Å². The lowest BCUT2D eigenvalue weighted by atomic mass is 9.95. The van der Waals surface area contributed by atoms with Crippen LogP contribution in [0.3, 0.4) is 0 Å². The van der Waals surface area contributed by atoms with E-state index in [-0.39, 0.29) is 30.4 Å². The molecule has 0 aliphatic carbocycles. The van der Waals surface area contributed by atoms with Crippen molar-refractivity contribution in [3.63, 3.8) is 0 Å². The standard InChI is InChI=1S/C27H33N3O4/c1-4-34-27(32)21-9-7-15-29(17-21)18-26(31)30-25(23-10-6-5-8-19(23)2)16-24(28-30)20-11-13-22(33-3)14-12-20/h5-6,8,10-14,21,25H,4,7,9,15-18H2,1-3H3/t21-,25-/m1/s1. The van der Waals surface area contributed by atoms with Gasteiger partial charge < -0.3 is 9.47 Å². The molecule has 0 unspecified atom stereocenters. The zero-order valence-electron chi connectivity index (χ0n) is 20.2. The number of methoxy groups -OCH3 is 1. The van der Waals surface area contributed by atoms with Gasteiger partial charge in [-0.1, -0.05) is 24.3 Å². The summed E-state index contributed by atoms with van der Waals surface area (Å²) < 4.78 is 10.5. The number of benzene rings is 2. The lowest BCUT2D eigenvalue weighted by molar-refractivity contribution is -0.150. The molecule has 2 atom stereocenters. The van der Waals surface area contributed by atoms with Crippen LogP contribution in [-0.4, -0.2) is 60.8 Å². The Labute approximate surface area is 201 Å². The number of likely N-dealkylation sites (tertiary alicyclic amines) is 1. The third-order valence-corrected chi connectivity index (χ3v) is 6.62. The first-order valence-electron chi connectivity index (χ1n) is 12.0. The molecule has 4 rings (SSSR count). The topological polar surface area (TPSA) is 71.4 Å². The summed E-state index contributed by atoms with van der Waals surface area (Å²) in [4.78, 5) is 27.8. The Morgan fingerprint density at radius 1 is 1.12 bits per heavy atom. The van der Waals surface area contributed by atoms with Crippen molar-refractivity contribution >= 4 is 17.6 Å². The second-order valence-electron chi connectivity index (χ2n) is 8.92. The minimum Gasteiger partial charge on any atom is -0.497 e. The fraction of sp³-hybridized carbons (Fsp3) is 0.444.